The predicted molar refractivity (Wildman–Crippen MR) is 128 cm³/mol. The van der Waals surface area contributed by atoms with Crippen molar-refractivity contribution in [3.8, 4) is 10.4 Å². The third-order valence-electron chi connectivity index (χ3n) is 5.80. The molecule has 0 fully saturated rings. The van der Waals surface area contributed by atoms with Crippen molar-refractivity contribution < 1.29 is 0 Å². The van der Waals surface area contributed by atoms with E-state index in [-0.39, 0.29) is 0 Å². The Morgan fingerprint density at radius 1 is 0.724 bits per heavy atom. The van der Waals surface area contributed by atoms with Crippen LogP contribution in [0.3, 0.4) is 0 Å². The van der Waals surface area contributed by atoms with Crippen LogP contribution in [0, 0.1) is 0 Å². The topological polar surface area (TPSA) is 17.3 Å². The highest BCUT2D eigenvalue weighted by atomic mass is 32.1. The van der Waals surface area contributed by atoms with Crippen LogP contribution in [0.2, 0.25) is 0 Å². The molecule has 2 nitrogen and oxygen atoms in total. The van der Waals surface area contributed by atoms with Crippen molar-refractivity contribution in [3.05, 3.63) is 47.9 Å². The molecule has 2 heterocycles. The van der Waals surface area contributed by atoms with Gasteiger partial charge in [0.05, 0.1) is 10.6 Å². The zero-order valence-corrected chi connectivity index (χ0v) is 19.3. The first-order chi connectivity index (χ1) is 14.3. The second kappa shape index (κ2) is 12.2. The quantitative estimate of drug-likeness (QED) is 0.244. The molecule has 0 spiro atoms. The van der Waals surface area contributed by atoms with Crippen molar-refractivity contribution in [2.75, 3.05) is 0 Å². The van der Waals surface area contributed by atoms with Gasteiger partial charge in [-0.25, -0.2) is 4.98 Å². The largest absolute Gasteiger partial charge is 0.297 e. The fourth-order valence-electron chi connectivity index (χ4n) is 3.95. The van der Waals surface area contributed by atoms with E-state index in [0.717, 1.165) is 11.4 Å². The van der Waals surface area contributed by atoms with Crippen molar-refractivity contribution in [2.45, 2.75) is 97.3 Å². The van der Waals surface area contributed by atoms with Crippen LogP contribution in [0.15, 0.2) is 36.7 Å². The lowest BCUT2D eigenvalue weighted by Gasteiger charge is -2.03. The lowest BCUT2D eigenvalue weighted by atomic mass is 10.0. The van der Waals surface area contributed by atoms with Crippen molar-refractivity contribution >= 4 is 16.3 Å². The Morgan fingerprint density at radius 2 is 1.34 bits per heavy atom. The molecule has 0 unspecified atom stereocenters. The lowest BCUT2D eigenvalue weighted by Crippen LogP contribution is -1.87. The van der Waals surface area contributed by atoms with Gasteiger partial charge in [0, 0.05) is 12.4 Å². The van der Waals surface area contributed by atoms with Crippen LogP contribution in [-0.2, 0) is 12.8 Å². The highest BCUT2D eigenvalue weighted by molar-refractivity contribution is 7.20. The van der Waals surface area contributed by atoms with Gasteiger partial charge in [-0.15, -0.1) is 0 Å². The Kier molecular flexibility index (Phi) is 9.27. The summed E-state index contributed by atoms with van der Waals surface area (Å²) >= 11 is 1.81. The summed E-state index contributed by atoms with van der Waals surface area (Å²) in [6, 6.07) is 9.19. The highest BCUT2D eigenvalue weighted by Crippen LogP contribution is 2.29. The Morgan fingerprint density at radius 3 is 2.00 bits per heavy atom. The number of unbranched alkanes of at least 4 members (excludes halogenated alkanes) is 9. The van der Waals surface area contributed by atoms with Crippen LogP contribution in [0.5, 0.6) is 0 Å². The van der Waals surface area contributed by atoms with E-state index in [0.29, 0.717) is 0 Å². The number of fused-ring (bicyclic) bond motifs is 1. The van der Waals surface area contributed by atoms with E-state index in [1.54, 1.807) is 11.3 Å². The fraction of sp³-hybridized carbons (Fsp3) is 0.577. The second-order valence-electron chi connectivity index (χ2n) is 8.40. The van der Waals surface area contributed by atoms with E-state index in [1.165, 1.54) is 98.7 Å². The summed E-state index contributed by atoms with van der Waals surface area (Å²) in [5, 5.41) is 0. The van der Waals surface area contributed by atoms with Crippen LogP contribution in [0.4, 0.5) is 0 Å². The first kappa shape index (κ1) is 22.1. The van der Waals surface area contributed by atoms with Gasteiger partial charge in [0.25, 0.3) is 0 Å². The van der Waals surface area contributed by atoms with E-state index in [2.05, 4.69) is 54.9 Å². The molecule has 158 valence electrons. The Labute approximate surface area is 181 Å². The first-order valence-corrected chi connectivity index (χ1v) is 12.7. The summed E-state index contributed by atoms with van der Waals surface area (Å²) in [6.07, 6.45) is 21.6. The molecule has 0 saturated heterocycles. The number of benzene rings is 1. The maximum atomic E-state index is 4.85. The molecule has 0 saturated carbocycles. The van der Waals surface area contributed by atoms with E-state index < -0.39 is 0 Å². The molecule has 2 aromatic heterocycles. The van der Waals surface area contributed by atoms with E-state index in [9.17, 15) is 0 Å². The summed E-state index contributed by atoms with van der Waals surface area (Å²) in [7, 11) is 0. The zero-order valence-electron chi connectivity index (χ0n) is 18.5. The maximum Gasteiger partial charge on any atom is 0.194 e. The minimum absolute atomic E-state index is 1.11. The molecule has 0 bridgehead atoms. The maximum absolute atomic E-state index is 4.85. The summed E-state index contributed by atoms with van der Waals surface area (Å²) in [5.74, 6) is 0. The number of hydrogen-bond donors (Lipinski definition) is 0. The van der Waals surface area contributed by atoms with Gasteiger partial charge in [-0.3, -0.25) is 4.40 Å². The van der Waals surface area contributed by atoms with Crippen LogP contribution in [-0.4, -0.2) is 9.38 Å². The number of aryl methyl sites for hydroxylation is 2. The first-order valence-electron chi connectivity index (χ1n) is 11.9. The molecular formula is C26H38N2S. The lowest BCUT2D eigenvalue weighted by molar-refractivity contribution is 0.607. The minimum atomic E-state index is 1.11. The SMILES string of the molecule is CCCCCCCCc1ccc(-c2cn3cc(CCCCCCC)nc3s2)cc1. The van der Waals surface area contributed by atoms with Gasteiger partial charge < -0.3 is 0 Å². The third-order valence-corrected chi connectivity index (χ3v) is 6.85. The normalized spacial score (nSPS) is 11.5. The standard InChI is InChI=1S/C26H38N2S/c1-3-5-7-9-11-12-14-22-16-18-23(19-17-22)25-21-28-20-24(27-26(28)29-25)15-13-10-8-6-4-2/h16-21H,3-15H2,1-2H3. The Hall–Kier alpha value is -1.61. The number of nitrogens with zero attached hydrogens (tertiary/aromatic N) is 2. The van der Waals surface area contributed by atoms with Gasteiger partial charge >= 0.3 is 0 Å². The molecular weight excluding hydrogens is 372 g/mol. The van der Waals surface area contributed by atoms with Crippen LogP contribution in [0.25, 0.3) is 15.4 Å². The molecule has 3 heteroatoms. The molecule has 3 rings (SSSR count). The summed E-state index contributed by atoms with van der Waals surface area (Å²) in [6.45, 7) is 4.55. The smallest absolute Gasteiger partial charge is 0.194 e. The van der Waals surface area contributed by atoms with Crippen molar-refractivity contribution in [3.63, 3.8) is 0 Å². The van der Waals surface area contributed by atoms with Gasteiger partial charge in [0.1, 0.15) is 0 Å². The average Bonchev–Trinajstić information content (AvgIpc) is 3.30. The van der Waals surface area contributed by atoms with E-state index in [1.807, 2.05) is 0 Å². The van der Waals surface area contributed by atoms with Gasteiger partial charge in [0.2, 0.25) is 0 Å². The molecule has 0 N–H and O–H groups in total. The number of rotatable bonds is 14. The summed E-state index contributed by atoms with van der Waals surface area (Å²) < 4.78 is 2.21. The number of thiazole rings is 1. The fourth-order valence-corrected chi connectivity index (χ4v) is 4.94. The molecule has 0 aliphatic heterocycles. The van der Waals surface area contributed by atoms with Crippen LogP contribution in [0.1, 0.15) is 95.7 Å². The van der Waals surface area contributed by atoms with Crippen LogP contribution < -0.4 is 0 Å². The molecule has 0 aliphatic rings. The molecule has 0 aliphatic carbocycles. The number of imidazole rings is 1. The average molecular weight is 411 g/mol. The van der Waals surface area contributed by atoms with Gasteiger partial charge in [-0.05, 0) is 36.8 Å². The molecule has 1 aromatic carbocycles. The Bertz CT molecular complexity index is 797. The summed E-state index contributed by atoms with van der Waals surface area (Å²) in [5.41, 5.74) is 4.03. The van der Waals surface area contributed by atoms with E-state index in [4.69, 9.17) is 4.98 Å². The predicted octanol–water partition coefficient (Wildman–Crippen LogP) is 8.48. The zero-order chi connectivity index (χ0) is 20.3. The molecule has 3 aromatic rings. The molecule has 29 heavy (non-hydrogen) atoms. The van der Waals surface area contributed by atoms with Crippen molar-refractivity contribution in [1.82, 2.24) is 9.38 Å². The second-order valence-corrected chi connectivity index (χ2v) is 9.41. The van der Waals surface area contributed by atoms with Crippen molar-refractivity contribution in [2.24, 2.45) is 0 Å². The van der Waals surface area contributed by atoms with Gasteiger partial charge in [-0.2, -0.15) is 0 Å². The van der Waals surface area contributed by atoms with Crippen LogP contribution >= 0.6 is 11.3 Å². The molecule has 0 radical (unpaired) electrons. The number of hydrogen-bond acceptors (Lipinski definition) is 2. The van der Waals surface area contributed by atoms with E-state index >= 15 is 0 Å². The number of aromatic nitrogens is 2. The highest BCUT2D eigenvalue weighted by Gasteiger charge is 2.08. The molecule has 0 atom stereocenters. The molecule has 0 amide bonds. The summed E-state index contributed by atoms with van der Waals surface area (Å²) in [4.78, 5) is 7.28. The Balaban J connectivity index is 1.48. The minimum Gasteiger partial charge on any atom is -0.297 e. The third kappa shape index (κ3) is 6.99. The monoisotopic (exact) mass is 410 g/mol. The van der Waals surface area contributed by atoms with Crippen molar-refractivity contribution in [1.29, 1.82) is 0 Å². The van der Waals surface area contributed by atoms with Gasteiger partial charge in [0.15, 0.2) is 4.96 Å². The van der Waals surface area contributed by atoms with Gasteiger partial charge in [-0.1, -0.05) is 107 Å².